The second-order valence-electron chi connectivity index (χ2n) is 6.94. The number of amides is 1. The Morgan fingerprint density at radius 3 is 2.32 bits per heavy atom. The molecule has 0 saturated carbocycles. The highest BCUT2D eigenvalue weighted by molar-refractivity contribution is 6.30. The lowest BCUT2D eigenvalue weighted by Gasteiger charge is -2.32. The lowest BCUT2D eigenvalue weighted by molar-refractivity contribution is 0.0578. The van der Waals surface area contributed by atoms with Gasteiger partial charge in [-0.1, -0.05) is 11.6 Å². The number of rotatable bonds is 4. The van der Waals surface area contributed by atoms with E-state index in [2.05, 4.69) is 14.9 Å². The van der Waals surface area contributed by atoms with Crippen molar-refractivity contribution in [2.24, 2.45) is 0 Å². The Hall–Kier alpha value is -2.38. The van der Waals surface area contributed by atoms with Gasteiger partial charge in [0.05, 0.1) is 30.6 Å². The summed E-state index contributed by atoms with van der Waals surface area (Å²) in [6.07, 6.45) is 4.55. The Morgan fingerprint density at radius 1 is 1.04 bits per heavy atom. The SMILES string of the molecule is O=C(c1ccc(N2CCOCC2)cc1)N1CCC(Oc2ncc(Cl)cn2)CC1. The van der Waals surface area contributed by atoms with Crippen molar-refractivity contribution in [2.45, 2.75) is 18.9 Å². The van der Waals surface area contributed by atoms with Gasteiger partial charge < -0.3 is 19.3 Å². The zero-order chi connectivity index (χ0) is 19.3. The Kier molecular flexibility index (Phi) is 5.92. The molecule has 3 heterocycles. The summed E-state index contributed by atoms with van der Waals surface area (Å²) < 4.78 is 11.2. The molecule has 8 heteroatoms. The predicted molar refractivity (Wildman–Crippen MR) is 106 cm³/mol. The number of benzene rings is 1. The van der Waals surface area contributed by atoms with Crippen LogP contribution in [0.15, 0.2) is 36.7 Å². The number of morpholine rings is 1. The molecular formula is C20H23ClN4O3. The number of carbonyl (C=O) groups is 1. The van der Waals surface area contributed by atoms with E-state index in [-0.39, 0.29) is 12.0 Å². The zero-order valence-corrected chi connectivity index (χ0v) is 16.3. The first-order valence-electron chi connectivity index (χ1n) is 9.55. The van der Waals surface area contributed by atoms with E-state index in [4.69, 9.17) is 21.1 Å². The quantitative estimate of drug-likeness (QED) is 0.783. The van der Waals surface area contributed by atoms with Gasteiger partial charge in [-0.2, -0.15) is 0 Å². The van der Waals surface area contributed by atoms with E-state index >= 15 is 0 Å². The van der Waals surface area contributed by atoms with E-state index < -0.39 is 0 Å². The monoisotopic (exact) mass is 402 g/mol. The van der Waals surface area contributed by atoms with Crippen molar-refractivity contribution in [3.63, 3.8) is 0 Å². The molecule has 0 spiro atoms. The first-order valence-corrected chi connectivity index (χ1v) is 9.93. The summed E-state index contributed by atoms with van der Waals surface area (Å²) in [6, 6.07) is 8.19. The van der Waals surface area contributed by atoms with Gasteiger partial charge in [0.15, 0.2) is 0 Å². The van der Waals surface area contributed by atoms with Crippen molar-refractivity contribution in [2.75, 3.05) is 44.3 Å². The molecular weight excluding hydrogens is 380 g/mol. The van der Waals surface area contributed by atoms with Crippen molar-refractivity contribution in [1.29, 1.82) is 0 Å². The number of ether oxygens (including phenoxy) is 2. The number of nitrogens with zero attached hydrogens (tertiary/aromatic N) is 4. The normalized spacial score (nSPS) is 18.2. The number of carbonyl (C=O) groups excluding carboxylic acids is 1. The van der Waals surface area contributed by atoms with Gasteiger partial charge in [0.2, 0.25) is 0 Å². The molecule has 2 saturated heterocycles. The number of piperidine rings is 1. The lowest BCUT2D eigenvalue weighted by atomic mass is 10.1. The Bertz CT molecular complexity index is 786. The van der Waals surface area contributed by atoms with Gasteiger partial charge >= 0.3 is 6.01 Å². The Balaban J connectivity index is 1.30. The second kappa shape index (κ2) is 8.75. The summed E-state index contributed by atoms with van der Waals surface area (Å²) in [6.45, 7) is 4.58. The molecule has 2 aliphatic heterocycles. The summed E-state index contributed by atoms with van der Waals surface area (Å²) in [4.78, 5) is 25.1. The minimum absolute atomic E-state index is 0.00826. The zero-order valence-electron chi connectivity index (χ0n) is 15.6. The second-order valence-corrected chi connectivity index (χ2v) is 7.38. The largest absolute Gasteiger partial charge is 0.460 e. The highest BCUT2D eigenvalue weighted by Crippen LogP contribution is 2.21. The molecule has 0 radical (unpaired) electrons. The topological polar surface area (TPSA) is 67.8 Å². The van der Waals surface area contributed by atoms with E-state index in [1.54, 1.807) is 0 Å². The molecule has 0 bridgehead atoms. The van der Waals surface area contributed by atoms with Crippen molar-refractivity contribution < 1.29 is 14.3 Å². The molecule has 0 atom stereocenters. The van der Waals surface area contributed by atoms with Crippen LogP contribution in [0, 0.1) is 0 Å². The van der Waals surface area contributed by atoms with Crippen LogP contribution in [0.4, 0.5) is 5.69 Å². The minimum atomic E-state index is 0.00826. The van der Waals surface area contributed by atoms with Gasteiger partial charge in [-0.25, -0.2) is 9.97 Å². The van der Waals surface area contributed by atoms with Gasteiger partial charge in [0.25, 0.3) is 5.91 Å². The van der Waals surface area contributed by atoms with Crippen LogP contribution in [-0.4, -0.2) is 66.3 Å². The molecule has 2 aliphatic rings. The molecule has 28 heavy (non-hydrogen) atoms. The third-order valence-corrected chi connectivity index (χ3v) is 5.28. The van der Waals surface area contributed by atoms with Crippen LogP contribution >= 0.6 is 11.6 Å². The molecule has 2 fully saturated rings. The summed E-state index contributed by atoms with van der Waals surface area (Å²) in [5.74, 6) is 0.0646. The van der Waals surface area contributed by atoms with Crippen LogP contribution in [-0.2, 0) is 4.74 Å². The first-order chi connectivity index (χ1) is 13.7. The van der Waals surface area contributed by atoms with Crippen molar-refractivity contribution in [3.05, 3.63) is 47.2 Å². The van der Waals surface area contributed by atoms with E-state index in [9.17, 15) is 4.79 Å². The number of hydrogen-bond acceptors (Lipinski definition) is 6. The van der Waals surface area contributed by atoms with Crippen LogP contribution < -0.4 is 9.64 Å². The van der Waals surface area contributed by atoms with Gasteiger partial charge in [-0.05, 0) is 24.3 Å². The first kappa shape index (κ1) is 19.0. The van der Waals surface area contributed by atoms with Crippen LogP contribution in [0.1, 0.15) is 23.2 Å². The van der Waals surface area contributed by atoms with Crippen LogP contribution in [0.3, 0.4) is 0 Å². The molecule has 148 valence electrons. The van der Waals surface area contributed by atoms with Gasteiger partial charge in [-0.3, -0.25) is 4.79 Å². The molecule has 1 aromatic carbocycles. The van der Waals surface area contributed by atoms with Crippen molar-refractivity contribution >= 4 is 23.2 Å². The molecule has 4 rings (SSSR count). The van der Waals surface area contributed by atoms with E-state index in [0.29, 0.717) is 24.1 Å². The molecule has 1 aromatic heterocycles. The van der Waals surface area contributed by atoms with E-state index in [1.165, 1.54) is 12.4 Å². The highest BCUT2D eigenvalue weighted by atomic mass is 35.5. The molecule has 0 N–H and O–H groups in total. The number of aromatic nitrogens is 2. The van der Waals surface area contributed by atoms with Gasteiger partial charge in [-0.15, -0.1) is 0 Å². The number of halogens is 1. The predicted octanol–water partition coefficient (Wildman–Crippen LogP) is 2.65. The smallest absolute Gasteiger partial charge is 0.316 e. The summed E-state index contributed by atoms with van der Waals surface area (Å²) >= 11 is 5.79. The van der Waals surface area contributed by atoms with Crippen molar-refractivity contribution in [1.82, 2.24) is 14.9 Å². The summed E-state index contributed by atoms with van der Waals surface area (Å²) in [5.41, 5.74) is 1.85. The average Bonchev–Trinajstić information content (AvgIpc) is 2.76. The van der Waals surface area contributed by atoms with Crippen LogP contribution in [0.5, 0.6) is 6.01 Å². The highest BCUT2D eigenvalue weighted by Gasteiger charge is 2.25. The fourth-order valence-electron chi connectivity index (χ4n) is 3.51. The summed E-state index contributed by atoms with van der Waals surface area (Å²) in [7, 11) is 0. The Morgan fingerprint density at radius 2 is 1.68 bits per heavy atom. The molecule has 0 unspecified atom stereocenters. The number of hydrogen-bond donors (Lipinski definition) is 0. The van der Waals surface area contributed by atoms with E-state index in [0.717, 1.165) is 50.4 Å². The lowest BCUT2D eigenvalue weighted by Crippen LogP contribution is -2.42. The van der Waals surface area contributed by atoms with Crippen LogP contribution in [0.25, 0.3) is 0 Å². The molecule has 7 nitrogen and oxygen atoms in total. The molecule has 1 amide bonds. The maximum Gasteiger partial charge on any atom is 0.316 e. The Labute approximate surface area is 169 Å². The maximum absolute atomic E-state index is 12.8. The number of likely N-dealkylation sites (tertiary alicyclic amines) is 1. The summed E-state index contributed by atoms with van der Waals surface area (Å²) in [5, 5.41) is 0.479. The number of anilines is 1. The standard InChI is InChI=1S/C20H23ClN4O3/c21-16-13-22-20(23-14-16)28-18-5-7-25(8-6-18)19(26)15-1-3-17(4-2-15)24-9-11-27-12-10-24/h1-4,13-14,18H,5-12H2. The fourth-order valence-corrected chi connectivity index (χ4v) is 3.60. The average molecular weight is 403 g/mol. The fraction of sp³-hybridized carbons (Fsp3) is 0.450. The molecule has 2 aromatic rings. The van der Waals surface area contributed by atoms with Gasteiger partial charge in [0, 0.05) is 50.3 Å². The van der Waals surface area contributed by atoms with E-state index in [1.807, 2.05) is 29.2 Å². The molecule has 0 aliphatic carbocycles. The minimum Gasteiger partial charge on any atom is -0.460 e. The van der Waals surface area contributed by atoms with Crippen LogP contribution in [0.2, 0.25) is 5.02 Å². The third kappa shape index (κ3) is 4.54. The van der Waals surface area contributed by atoms with Gasteiger partial charge in [0.1, 0.15) is 6.10 Å². The maximum atomic E-state index is 12.8. The van der Waals surface area contributed by atoms with Crippen molar-refractivity contribution in [3.8, 4) is 6.01 Å². The third-order valence-electron chi connectivity index (χ3n) is 5.09.